The fraction of sp³-hybridized carbons (Fsp3) is 0.562. The minimum atomic E-state index is -1.00. The second kappa shape index (κ2) is 6.75. The maximum Gasteiger partial charge on any atom is 0.350 e. The van der Waals surface area contributed by atoms with Gasteiger partial charge in [0.25, 0.3) is 0 Å². The summed E-state index contributed by atoms with van der Waals surface area (Å²) in [5, 5.41) is 9.63. The van der Waals surface area contributed by atoms with Crippen molar-refractivity contribution >= 4 is 5.97 Å². The normalized spacial score (nSPS) is 14.5. The number of benzene rings is 1. The van der Waals surface area contributed by atoms with Crippen molar-refractivity contribution in [1.82, 2.24) is 0 Å². The van der Waals surface area contributed by atoms with Crippen LogP contribution in [0.25, 0.3) is 0 Å². The Hall–Kier alpha value is -1.55. The summed E-state index contributed by atoms with van der Waals surface area (Å²) in [6.07, 6.45) is -1.94. The smallest absolute Gasteiger partial charge is 0.350 e. The van der Waals surface area contributed by atoms with E-state index in [1.807, 2.05) is 12.1 Å². The van der Waals surface area contributed by atoms with E-state index in [1.54, 1.807) is 19.1 Å². The average molecular weight is 280 g/mol. The van der Waals surface area contributed by atoms with Gasteiger partial charge < -0.3 is 14.6 Å². The topological polar surface area (TPSA) is 55.8 Å². The molecule has 0 aliphatic carbocycles. The van der Waals surface area contributed by atoms with Gasteiger partial charge in [0.15, 0.2) is 0 Å². The number of aliphatic hydroxyl groups is 1. The summed E-state index contributed by atoms with van der Waals surface area (Å²) in [5.74, 6) is -0.0145. The maximum absolute atomic E-state index is 11.7. The molecular formula is C16H24O4. The molecule has 4 heteroatoms. The molecule has 0 saturated carbocycles. The van der Waals surface area contributed by atoms with Crippen LogP contribution in [0.1, 0.15) is 40.2 Å². The first-order valence-corrected chi connectivity index (χ1v) is 6.87. The zero-order chi connectivity index (χ0) is 15.3. The van der Waals surface area contributed by atoms with Gasteiger partial charge in [-0.05, 0) is 37.0 Å². The van der Waals surface area contributed by atoms with Crippen LogP contribution in [0.15, 0.2) is 24.3 Å². The van der Waals surface area contributed by atoms with E-state index in [4.69, 9.17) is 9.47 Å². The monoisotopic (exact) mass is 280 g/mol. The third kappa shape index (κ3) is 4.53. The van der Waals surface area contributed by atoms with Crippen LogP contribution in [-0.2, 0) is 14.9 Å². The summed E-state index contributed by atoms with van der Waals surface area (Å²) in [5.41, 5.74) is 1.23. The van der Waals surface area contributed by atoms with E-state index < -0.39 is 18.2 Å². The van der Waals surface area contributed by atoms with Gasteiger partial charge >= 0.3 is 5.97 Å². The van der Waals surface area contributed by atoms with Crippen LogP contribution in [0, 0.1) is 0 Å². The van der Waals surface area contributed by atoms with Crippen molar-refractivity contribution in [2.24, 2.45) is 0 Å². The molecule has 0 radical (unpaired) electrons. The van der Waals surface area contributed by atoms with Crippen LogP contribution >= 0.6 is 0 Å². The van der Waals surface area contributed by atoms with Gasteiger partial charge in [0.05, 0.1) is 12.7 Å². The van der Waals surface area contributed by atoms with Crippen molar-refractivity contribution in [3.63, 3.8) is 0 Å². The molecule has 0 amide bonds. The minimum absolute atomic E-state index is 0.0589. The van der Waals surface area contributed by atoms with Crippen LogP contribution in [0.5, 0.6) is 5.75 Å². The van der Waals surface area contributed by atoms with Crippen molar-refractivity contribution in [2.45, 2.75) is 52.2 Å². The number of ether oxygens (including phenoxy) is 2. The molecular weight excluding hydrogens is 256 g/mol. The Morgan fingerprint density at radius 1 is 1.25 bits per heavy atom. The van der Waals surface area contributed by atoms with Crippen molar-refractivity contribution in [3.05, 3.63) is 29.8 Å². The Labute approximate surface area is 120 Å². The molecule has 20 heavy (non-hydrogen) atoms. The molecule has 0 aliphatic heterocycles. The molecule has 1 aromatic carbocycles. The van der Waals surface area contributed by atoms with E-state index in [-0.39, 0.29) is 12.0 Å². The summed E-state index contributed by atoms with van der Waals surface area (Å²) in [6.45, 7) is 9.86. The SMILES string of the molecule is CCOC(=O)C(Oc1ccc(C(C)(C)C)cc1)C(C)O. The summed E-state index contributed by atoms with van der Waals surface area (Å²) in [7, 11) is 0. The molecule has 0 saturated heterocycles. The Balaban J connectivity index is 2.82. The fourth-order valence-electron chi connectivity index (χ4n) is 1.75. The second-order valence-electron chi connectivity index (χ2n) is 5.81. The average Bonchev–Trinajstić information content (AvgIpc) is 2.35. The number of hydrogen-bond donors (Lipinski definition) is 1. The standard InChI is InChI=1S/C16H24O4/c1-6-19-15(18)14(11(2)17)20-13-9-7-12(8-10-13)16(3,4)5/h7-11,14,17H,6H2,1-5H3. The molecule has 1 aromatic rings. The van der Waals surface area contributed by atoms with Crippen molar-refractivity contribution in [2.75, 3.05) is 6.61 Å². The van der Waals surface area contributed by atoms with E-state index in [0.717, 1.165) is 0 Å². The molecule has 4 nitrogen and oxygen atoms in total. The first kappa shape index (κ1) is 16.5. The van der Waals surface area contributed by atoms with E-state index in [1.165, 1.54) is 12.5 Å². The highest BCUT2D eigenvalue weighted by molar-refractivity contribution is 5.75. The molecule has 0 bridgehead atoms. The first-order valence-electron chi connectivity index (χ1n) is 6.87. The van der Waals surface area contributed by atoms with Crippen molar-refractivity contribution < 1.29 is 19.4 Å². The molecule has 2 atom stereocenters. The van der Waals surface area contributed by atoms with E-state index in [2.05, 4.69) is 20.8 Å². The van der Waals surface area contributed by atoms with Gasteiger partial charge in [0.2, 0.25) is 6.10 Å². The third-order valence-electron chi connectivity index (χ3n) is 2.94. The van der Waals surface area contributed by atoms with Gasteiger partial charge in [-0.15, -0.1) is 0 Å². The van der Waals surface area contributed by atoms with E-state index in [0.29, 0.717) is 5.75 Å². The lowest BCUT2D eigenvalue weighted by molar-refractivity contribution is -0.156. The lowest BCUT2D eigenvalue weighted by atomic mass is 9.87. The molecule has 112 valence electrons. The Morgan fingerprint density at radius 3 is 2.20 bits per heavy atom. The molecule has 0 spiro atoms. The summed E-state index contributed by atoms with van der Waals surface area (Å²) in [6, 6.07) is 7.52. The van der Waals surface area contributed by atoms with Gasteiger partial charge in [0, 0.05) is 0 Å². The van der Waals surface area contributed by atoms with Gasteiger partial charge in [-0.2, -0.15) is 0 Å². The van der Waals surface area contributed by atoms with Crippen LogP contribution < -0.4 is 4.74 Å². The number of esters is 1. The highest BCUT2D eigenvalue weighted by Gasteiger charge is 2.27. The zero-order valence-corrected chi connectivity index (χ0v) is 12.8. The predicted octanol–water partition coefficient (Wildman–Crippen LogP) is 2.68. The lowest BCUT2D eigenvalue weighted by Crippen LogP contribution is -2.38. The summed E-state index contributed by atoms with van der Waals surface area (Å²) >= 11 is 0. The Morgan fingerprint density at radius 2 is 1.80 bits per heavy atom. The van der Waals surface area contributed by atoms with Crippen molar-refractivity contribution in [1.29, 1.82) is 0 Å². The maximum atomic E-state index is 11.7. The number of hydrogen-bond acceptors (Lipinski definition) is 4. The number of aliphatic hydroxyl groups excluding tert-OH is 1. The van der Waals surface area contributed by atoms with Gasteiger partial charge in [-0.1, -0.05) is 32.9 Å². The van der Waals surface area contributed by atoms with E-state index in [9.17, 15) is 9.90 Å². The van der Waals surface area contributed by atoms with E-state index >= 15 is 0 Å². The molecule has 0 fully saturated rings. The Bertz CT molecular complexity index is 429. The molecule has 1 N–H and O–H groups in total. The van der Waals surface area contributed by atoms with Gasteiger partial charge in [-0.25, -0.2) is 4.79 Å². The molecule has 1 rings (SSSR count). The number of carbonyl (C=O) groups is 1. The predicted molar refractivity (Wildman–Crippen MR) is 77.9 cm³/mol. The molecule has 0 aromatic heterocycles. The van der Waals surface area contributed by atoms with Crippen molar-refractivity contribution in [3.8, 4) is 5.75 Å². The van der Waals surface area contributed by atoms with Gasteiger partial charge in [-0.3, -0.25) is 0 Å². The highest BCUT2D eigenvalue weighted by atomic mass is 16.6. The molecule has 0 aliphatic rings. The molecule has 0 heterocycles. The number of rotatable bonds is 5. The van der Waals surface area contributed by atoms with Crippen LogP contribution in [0.4, 0.5) is 0 Å². The highest BCUT2D eigenvalue weighted by Crippen LogP contribution is 2.25. The molecule has 2 unspecified atom stereocenters. The third-order valence-corrected chi connectivity index (χ3v) is 2.94. The summed E-state index contributed by atoms with van der Waals surface area (Å²) < 4.78 is 10.4. The van der Waals surface area contributed by atoms with Crippen LogP contribution in [0.2, 0.25) is 0 Å². The fourth-order valence-corrected chi connectivity index (χ4v) is 1.75. The second-order valence-corrected chi connectivity index (χ2v) is 5.81. The van der Waals surface area contributed by atoms with Crippen LogP contribution in [-0.4, -0.2) is 29.9 Å². The Kier molecular flexibility index (Phi) is 5.57. The quantitative estimate of drug-likeness (QED) is 0.843. The summed E-state index contributed by atoms with van der Waals surface area (Å²) in [4.78, 5) is 11.7. The van der Waals surface area contributed by atoms with Gasteiger partial charge in [0.1, 0.15) is 5.75 Å². The first-order chi connectivity index (χ1) is 9.25. The number of carbonyl (C=O) groups excluding carboxylic acids is 1. The zero-order valence-electron chi connectivity index (χ0n) is 12.8. The largest absolute Gasteiger partial charge is 0.476 e. The van der Waals surface area contributed by atoms with Crippen LogP contribution in [0.3, 0.4) is 0 Å². The minimum Gasteiger partial charge on any atom is -0.476 e. The lowest BCUT2D eigenvalue weighted by Gasteiger charge is -2.22.